The molecule has 186 valence electrons. The molecule has 0 saturated carbocycles. The number of carbonyl (C=O) groups is 2. The van der Waals surface area contributed by atoms with Crippen LogP contribution in [0.25, 0.3) is 0 Å². The molecular formula is C27H35N5O3. The van der Waals surface area contributed by atoms with Crippen molar-refractivity contribution in [2.45, 2.75) is 37.8 Å². The van der Waals surface area contributed by atoms with Gasteiger partial charge in [-0.1, -0.05) is 24.3 Å². The van der Waals surface area contributed by atoms with Crippen LogP contribution in [0.3, 0.4) is 0 Å². The molecule has 0 atom stereocenters. The maximum atomic E-state index is 13.8. The van der Waals surface area contributed by atoms with Crippen molar-refractivity contribution in [1.29, 1.82) is 0 Å². The second kappa shape index (κ2) is 9.97. The molecule has 3 amide bonds. The number of urea groups is 1. The SMILES string of the molecule is CCN(C)C(=O)c1cccc(CN2C(=O)N(c3ccc(C4CNNC4)cc3)CC23CCOCC3)c1. The number of nitrogens with one attached hydrogen (secondary N) is 2. The summed E-state index contributed by atoms with van der Waals surface area (Å²) >= 11 is 0. The summed E-state index contributed by atoms with van der Waals surface area (Å²) in [5, 5.41) is 0. The molecule has 3 saturated heterocycles. The van der Waals surface area contributed by atoms with Crippen molar-refractivity contribution in [2.75, 3.05) is 51.3 Å². The number of nitrogens with zero attached hydrogens (tertiary/aromatic N) is 3. The zero-order valence-electron chi connectivity index (χ0n) is 20.6. The van der Waals surface area contributed by atoms with Crippen LogP contribution < -0.4 is 15.8 Å². The van der Waals surface area contributed by atoms with Gasteiger partial charge in [0, 0.05) is 63.6 Å². The van der Waals surface area contributed by atoms with Gasteiger partial charge in [0.1, 0.15) is 0 Å². The summed E-state index contributed by atoms with van der Waals surface area (Å²) < 4.78 is 5.67. The molecule has 0 aliphatic carbocycles. The van der Waals surface area contributed by atoms with Crippen molar-refractivity contribution in [2.24, 2.45) is 0 Å². The van der Waals surface area contributed by atoms with Crippen molar-refractivity contribution < 1.29 is 14.3 Å². The number of hydrogen-bond acceptors (Lipinski definition) is 5. The first kappa shape index (κ1) is 23.8. The Morgan fingerprint density at radius 2 is 1.83 bits per heavy atom. The van der Waals surface area contributed by atoms with Crippen LogP contribution in [0.2, 0.25) is 0 Å². The molecule has 3 heterocycles. The Labute approximate surface area is 207 Å². The molecule has 8 heteroatoms. The van der Waals surface area contributed by atoms with Crippen LogP contribution in [0.1, 0.15) is 47.2 Å². The van der Waals surface area contributed by atoms with Gasteiger partial charge in [-0.05, 0) is 55.2 Å². The third-order valence-electron chi connectivity index (χ3n) is 7.74. The van der Waals surface area contributed by atoms with Gasteiger partial charge in [-0.15, -0.1) is 0 Å². The molecule has 3 aliphatic rings. The first-order valence-electron chi connectivity index (χ1n) is 12.6. The lowest BCUT2D eigenvalue weighted by Crippen LogP contribution is -2.50. The number of benzene rings is 2. The van der Waals surface area contributed by atoms with Gasteiger partial charge in [0.15, 0.2) is 0 Å². The Morgan fingerprint density at radius 1 is 1.11 bits per heavy atom. The van der Waals surface area contributed by atoms with Crippen LogP contribution >= 0.6 is 0 Å². The number of hydrazine groups is 1. The number of amides is 3. The predicted molar refractivity (Wildman–Crippen MR) is 135 cm³/mol. The Kier molecular flexibility index (Phi) is 6.77. The second-order valence-corrected chi connectivity index (χ2v) is 9.86. The van der Waals surface area contributed by atoms with E-state index >= 15 is 0 Å². The topological polar surface area (TPSA) is 77.2 Å². The van der Waals surface area contributed by atoms with Crippen molar-refractivity contribution in [3.8, 4) is 0 Å². The number of ether oxygens (including phenoxy) is 1. The van der Waals surface area contributed by atoms with Gasteiger partial charge >= 0.3 is 6.03 Å². The highest BCUT2D eigenvalue weighted by atomic mass is 16.5. The van der Waals surface area contributed by atoms with Gasteiger partial charge in [0.25, 0.3) is 5.91 Å². The molecule has 8 nitrogen and oxygen atoms in total. The number of hydrogen-bond donors (Lipinski definition) is 2. The first-order valence-corrected chi connectivity index (χ1v) is 12.6. The molecule has 2 aromatic carbocycles. The smallest absolute Gasteiger partial charge is 0.325 e. The summed E-state index contributed by atoms with van der Waals surface area (Å²) in [4.78, 5) is 32.1. The largest absolute Gasteiger partial charge is 0.381 e. The maximum Gasteiger partial charge on any atom is 0.325 e. The van der Waals surface area contributed by atoms with E-state index in [4.69, 9.17) is 4.74 Å². The van der Waals surface area contributed by atoms with Crippen LogP contribution in [0.4, 0.5) is 10.5 Å². The number of carbonyl (C=O) groups excluding carboxylic acids is 2. The van der Waals surface area contributed by atoms with Crippen LogP contribution in [0, 0.1) is 0 Å². The lowest BCUT2D eigenvalue weighted by molar-refractivity contribution is 0.00611. The molecule has 3 aliphatic heterocycles. The molecule has 2 N–H and O–H groups in total. The standard InChI is InChI=1S/C27H35N5O3/c1-3-30(2)25(33)22-6-4-5-20(15-22)18-32-26(34)31(19-27(32)11-13-35-14-12-27)24-9-7-21(8-10-24)23-16-28-29-17-23/h4-10,15,23,28-29H,3,11-14,16-19H2,1-2H3. The monoisotopic (exact) mass is 477 g/mol. The van der Waals surface area contributed by atoms with Gasteiger partial charge < -0.3 is 14.5 Å². The Bertz CT molecular complexity index is 1060. The van der Waals surface area contributed by atoms with E-state index in [0.717, 1.165) is 37.2 Å². The second-order valence-electron chi connectivity index (χ2n) is 9.86. The lowest BCUT2D eigenvalue weighted by Gasteiger charge is -2.40. The predicted octanol–water partition coefficient (Wildman–Crippen LogP) is 2.96. The van der Waals surface area contributed by atoms with Gasteiger partial charge in [-0.2, -0.15) is 0 Å². The van der Waals surface area contributed by atoms with Crippen molar-refractivity contribution in [1.82, 2.24) is 20.7 Å². The molecular weight excluding hydrogens is 442 g/mol. The van der Waals surface area contributed by atoms with Crippen molar-refractivity contribution in [3.05, 3.63) is 65.2 Å². The Balaban J connectivity index is 1.39. The molecule has 3 fully saturated rings. The van der Waals surface area contributed by atoms with E-state index in [1.54, 1.807) is 11.9 Å². The van der Waals surface area contributed by atoms with Crippen LogP contribution in [0.5, 0.6) is 0 Å². The molecule has 1 spiro atoms. The summed E-state index contributed by atoms with van der Waals surface area (Å²) in [5.41, 5.74) is 9.92. The molecule has 0 aromatic heterocycles. The third kappa shape index (κ3) is 4.66. The molecule has 35 heavy (non-hydrogen) atoms. The minimum atomic E-state index is -0.270. The zero-order chi connectivity index (χ0) is 24.4. The van der Waals surface area contributed by atoms with Crippen molar-refractivity contribution >= 4 is 17.6 Å². The maximum absolute atomic E-state index is 13.8. The van der Waals surface area contributed by atoms with Crippen LogP contribution in [0.15, 0.2) is 48.5 Å². The Morgan fingerprint density at radius 3 is 2.51 bits per heavy atom. The Hall–Kier alpha value is -2.94. The quantitative estimate of drug-likeness (QED) is 0.669. The molecule has 2 aromatic rings. The summed E-state index contributed by atoms with van der Waals surface area (Å²) in [6.45, 7) is 6.86. The highest BCUT2D eigenvalue weighted by Gasteiger charge is 2.50. The van der Waals surface area contributed by atoms with Crippen LogP contribution in [-0.4, -0.2) is 73.7 Å². The fourth-order valence-electron chi connectivity index (χ4n) is 5.39. The molecule has 5 rings (SSSR count). The van der Waals surface area contributed by atoms with E-state index in [1.165, 1.54) is 5.56 Å². The zero-order valence-corrected chi connectivity index (χ0v) is 20.6. The summed E-state index contributed by atoms with van der Waals surface area (Å²) in [5.74, 6) is 0.440. The third-order valence-corrected chi connectivity index (χ3v) is 7.74. The van der Waals surface area contributed by atoms with E-state index in [1.807, 2.05) is 41.0 Å². The minimum absolute atomic E-state index is 0.00254. The fraction of sp³-hybridized carbons (Fsp3) is 0.481. The average Bonchev–Trinajstić information content (AvgIpc) is 3.52. The van der Waals surface area contributed by atoms with Crippen molar-refractivity contribution in [3.63, 3.8) is 0 Å². The summed E-state index contributed by atoms with van der Waals surface area (Å²) in [6.07, 6.45) is 1.62. The fourth-order valence-corrected chi connectivity index (χ4v) is 5.39. The van der Waals surface area contributed by atoms with Gasteiger partial charge in [0.05, 0.1) is 12.1 Å². The minimum Gasteiger partial charge on any atom is -0.381 e. The van der Waals surface area contributed by atoms with E-state index in [9.17, 15) is 9.59 Å². The summed E-state index contributed by atoms with van der Waals surface area (Å²) in [6, 6.07) is 16.1. The van der Waals surface area contributed by atoms with E-state index < -0.39 is 0 Å². The summed E-state index contributed by atoms with van der Waals surface area (Å²) in [7, 11) is 1.80. The van der Waals surface area contributed by atoms with E-state index in [-0.39, 0.29) is 17.5 Å². The normalized spacial score (nSPS) is 20.1. The molecule has 0 unspecified atom stereocenters. The van der Waals surface area contributed by atoms with Gasteiger partial charge in [-0.3, -0.25) is 20.5 Å². The molecule has 0 bridgehead atoms. The van der Waals surface area contributed by atoms with Gasteiger partial charge in [-0.25, -0.2) is 4.79 Å². The first-order chi connectivity index (χ1) is 17.0. The number of rotatable bonds is 6. The highest BCUT2D eigenvalue weighted by molar-refractivity contribution is 5.96. The molecule has 0 radical (unpaired) electrons. The highest BCUT2D eigenvalue weighted by Crippen LogP contribution is 2.39. The average molecular weight is 478 g/mol. The van der Waals surface area contributed by atoms with E-state index in [0.29, 0.717) is 44.3 Å². The van der Waals surface area contributed by atoms with Crippen LogP contribution in [-0.2, 0) is 11.3 Å². The number of anilines is 1. The van der Waals surface area contributed by atoms with E-state index in [2.05, 4.69) is 35.1 Å². The van der Waals surface area contributed by atoms with Gasteiger partial charge in [0.2, 0.25) is 0 Å². The lowest BCUT2D eigenvalue weighted by atomic mass is 9.88.